The largest absolute Gasteiger partial charge is 0.467 e. The van der Waals surface area contributed by atoms with Gasteiger partial charge in [0.25, 0.3) is 0 Å². The van der Waals surface area contributed by atoms with Crippen molar-refractivity contribution < 1.29 is 22.0 Å². The normalized spacial score (nSPS) is 16.8. The first-order valence-corrected chi connectivity index (χ1v) is 13.1. The van der Waals surface area contributed by atoms with Crippen LogP contribution in [-0.2, 0) is 21.4 Å². The van der Waals surface area contributed by atoms with Crippen LogP contribution in [0.15, 0.2) is 70.2 Å². The number of halogens is 1. The molecular formula is C24H22FN3O4S2. The summed E-state index contributed by atoms with van der Waals surface area (Å²) in [5.41, 5.74) is 1.12. The molecule has 1 atom stereocenters. The van der Waals surface area contributed by atoms with Crippen molar-refractivity contribution in [3.63, 3.8) is 0 Å². The Kier molecular flexibility index (Phi) is 5.97. The number of sulfonamides is 1. The fourth-order valence-corrected chi connectivity index (χ4v) is 6.75. The molecule has 4 aromatic rings. The Morgan fingerprint density at radius 3 is 2.71 bits per heavy atom. The van der Waals surface area contributed by atoms with Gasteiger partial charge < -0.3 is 4.42 Å². The Hall–Kier alpha value is -3.08. The van der Waals surface area contributed by atoms with E-state index in [4.69, 9.17) is 4.42 Å². The van der Waals surface area contributed by atoms with Crippen molar-refractivity contribution in [3.8, 4) is 0 Å². The number of benzene rings is 2. The van der Waals surface area contributed by atoms with E-state index in [1.54, 1.807) is 48.5 Å². The van der Waals surface area contributed by atoms with Crippen molar-refractivity contribution in [2.24, 2.45) is 0 Å². The van der Waals surface area contributed by atoms with Gasteiger partial charge in [-0.3, -0.25) is 9.69 Å². The molecule has 5 rings (SSSR count). The van der Waals surface area contributed by atoms with Crippen molar-refractivity contribution in [2.75, 3.05) is 11.4 Å². The number of para-hydroxylation sites is 1. The first-order chi connectivity index (χ1) is 16.3. The summed E-state index contributed by atoms with van der Waals surface area (Å²) in [6, 6.07) is 13.8. The molecule has 0 spiro atoms. The summed E-state index contributed by atoms with van der Waals surface area (Å²) < 4.78 is 48.4. The minimum atomic E-state index is -3.87. The molecule has 0 unspecified atom stereocenters. The minimum Gasteiger partial charge on any atom is -0.467 e. The summed E-state index contributed by atoms with van der Waals surface area (Å²) in [5, 5.41) is 0.293. The number of rotatable bonds is 6. The fraction of sp³-hybridized carbons (Fsp3) is 0.250. The first kappa shape index (κ1) is 22.7. The molecule has 1 amide bonds. The summed E-state index contributed by atoms with van der Waals surface area (Å²) in [6.07, 6.45) is 2.45. The Balaban J connectivity index is 1.52. The predicted octanol–water partition coefficient (Wildman–Crippen LogP) is 4.72. The quantitative estimate of drug-likeness (QED) is 0.383. The molecule has 0 bridgehead atoms. The molecule has 34 heavy (non-hydrogen) atoms. The average Bonchev–Trinajstić information content (AvgIpc) is 3.58. The molecule has 0 radical (unpaired) electrons. The van der Waals surface area contributed by atoms with Crippen LogP contribution in [0.25, 0.3) is 10.2 Å². The summed E-state index contributed by atoms with van der Waals surface area (Å²) in [7, 11) is -3.87. The number of aryl methyl sites for hydroxylation is 1. The van der Waals surface area contributed by atoms with Gasteiger partial charge >= 0.3 is 0 Å². The number of aromatic nitrogens is 1. The highest BCUT2D eigenvalue weighted by molar-refractivity contribution is 7.89. The van der Waals surface area contributed by atoms with Crippen molar-refractivity contribution in [3.05, 3.63) is 78.0 Å². The van der Waals surface area contributed by atoms with Crippen LogP contribution in [0.4, 0.5) is 9.52 Å². The van der Waals surface area contributed by atoms with Crippen molar-refractivity contribution in [1.29, 1.82) is 0 Å². The van der Waals surface area contributed by atoms with E-state index in [1.165, 1.54) is 32.9 Å². The van der Waals surface area contributed by atoms with Crippen LogP contribution in [0.3, 0.4) is 0 Å². The highest BCUT2D eigenvalue weighted by Gasteiger charge is 2.42. The number of carbonyl (C=O) groups excluding carboxylic acids is 1. The van der Waals surface area contributed by atoms with E-state index < -0.39 is 27.8 Å². The van der Waals surface area contributed by atoms with E-state index in [9.17, 15) is 17.6 Å². The van der Waals surface area contributed by atoms with Crippen molar-refractivity contribution in [2.45, 2.75) is 37.2 Å². The molecule has 1 aliphatic rings. The first-order valence-electron chi connectivity index (χ1n) is 10.8. The van der Waals surface area contributed by atoms with Gasteiger partial charge in [0.15, 0.2) is 5.13 Å². The summed E-state index contributed by atoms with van der Waals surface area (Å²) in [6.45, 7) is 2.18. The molecule has 10 heteroatoms. The Bertz CT molecular complexity index is 1430. The van der Waals surface area contributed by atoms with Crippen LogP contribution >= 0.6 is 11.3 Å². The van der Waals surface area contributed by atoms with Gasteiger partial charge in [-0.05, 0) is 56.2 Å². The second-order valence-corrected chi connectivity index (χ2v) is 11.1. The monoisotopic (exact) mass is 499 g/mol. The highest BCUT2D eigenvalue weighted by Crippen LogP contribution is 2.34. The molecule has 3 heterocycles. The third kappa shape index (κ3) is 4.13. The van der Waals surface area contributed by atoms with Crippen LogP contribution in [0, 0.1) is 12.7 Å². The lowest BCUT2D eigenvalue weighted by Gasteiger charge is -2.28. The number of carbonyl (C=O) groups is 1. The highest BCUT2D eigenvalue weighted by atomic mass is 32.2. The van der Waals surface area contributed by atoms with Gasteiger partial charge in [0.2, 0.25) is 15.9 Å². The molecule has 1 aliphatic heterocycles. The number of furan rings is 1. The average molecular weight is 500 g/mol. The molecule has 7 nitrogen and oxygen atoms in total. The number of hydrogen-bond donors (Lipinski definition) is 0. The van der Waals surface area contributed by atoms with Crippen LogP contribution in [0.2, 0.25) is 0 Å². The van der Waals surface area contributed by atoms with Gasteiger partial charge in [-0.25, -0.2) is 17.8 Å². The Morgan fingerprint density at radius 2 is 2.00 bits per heavy atom. The fourth-order valence-electron chi connectivity index (χ4n) is 4.12. The molecule has 0 N–H and O–H groups in total. The van der Waals surface area contributed by atoms with Crippen LogP contribution in [0.5, 0.6) is 0 Å². The Labute approximate surface area is 200 Å². The Morgan fingerprint density at radius 1 is 1.21 bits per heavy atom. The summed E-state index contributed by atoms with van der Waals surface area (Å²) in [4.78, 5) is 19.8. The molecule has 2 aromatic carbocycles. The smallest absolute Gasteiger partial charge is 0.247 e. The van der Waals surface area contributed by atoms with Gasteiger partial charge in [-0.1, -0.05) is 35.1 Å². The number of hydrogen-bond acceptors (Lipinski definition) is 6. The van der Waals surface area contributed by atoms with Crippen LogP contribution < -0.4 is 4.90 Å². The van der Waals surface area contributed by atoms with Gasteiger partial charge in [0.1, 0.15) is 23.1 Å². The molecule has 176 valence electrons. The van der Waals surface area contributed by atoms with Crippen molar-refractivity contribution >= 4 is 42.6 Å². The lowest BCUT2D eigenvalue weighted by Crippen LogP contribution is -2.47. The molecule has 1 fully saturated rings. The van der Waals surface area contributed by atoms with Crippen molar-refractivity contribution in [1.82, 2.24) is 9.29 Å². The number of thiazole rings is 1. The number of nitrogens with zero attached hydrogens (tertiary/aromatic N) is 3. The molecule has 1 saturated heterocycles. The van der Waals surface area contributed by atoms with Gasteiger partial charge in [0, 0.05) is 6.54 Å². The predicted molar refractivity (Wildman–Crippen MR) is 128 cm³/mol. The number of anilines is 1. The third-order valence-corrected chi connectivity index (χ3v) is 8.83. The van der Waals surface area contributed by atoms with E-state index in [1.807, 2.05) is 6.92 Å². The molecule has 2 aromatic heterocycles. The zero-order valence-corrected chi connectivity index (χ0v) is 20.0. The topological polar surface area (TPSA) is 83.7 Å². The summed E-state index contributed by atoms with van der Waals surface area (Å²) >= 11 is 1.18. The van der Waals surface area contributed by atoms with Gasteiger partial charge in [-0.15, -0.1) is 0 Å². The maximum Gasteiger partial charge on any atom is 0.247 e. The third-order valence-electron chi connectivity index (χ3n) is 5.87. The summed E-state index contributed by atoms with van der Waals surface area (Å²) in [5.74, 6) is -0.377. The zero-order chi connectivity index (χ0) is 23.9. The molecule has 0 saturated carbocycles. The maximum atomic E-state index is 14.3. The number of fused-ring (bicyclic) bond motifs is 1. The van der Waals surface area contributed by atoms with E-state index in [2.05, 4.69) is 4.98 Å². The minimum absolute atomic E-state index is 0.0577. The van der Waals surface area contributed by atoms with Gasteiger partial charge in [-0.2, -0.15) is 4.31 Å². The van der Waals surface area contributed by atoms with E-state index in [-0.39, 0.29) is 23.5 Å². The van der Waals surface area contributed by atoms with E-state index >= 15 is 0 Å². The van der Waals surface area contributed by atoms with Gasteiger partial charge in [0.05, 0.1) is 22.4 Å². The lowest BCUT2D eigenvalue weighted by atomic mass is 10.2. The maximum absolute atomic E-state index is 14.3. The number of amides is 1. The van der Waals surface area contributed by atoms with E-state index in [0.717, 1.165) is 5.56 Å². The lowest BCUT2D eigenvalue weighted by molar-refractivity contribution is -0.121. The SMILES string of the molecule is Cc1ccc(S(=O)(=O)N2CCC[C@H]2C(=O)N(Cc2ccco2)c2nc3c(F)cccc3s2)cc1. The van der Waals surface area contributed by atoms with Crippen LogP contribution in [-0.4, -0.2) is 36.2 Å². The zero-order valence-electron chi connectivity index (χ0n) is 18.3. The molecule has 0 aliphatic carbocycles. The second kappa shape index (κ2) is 8.94. The standard InChI is InChI=1S/C24H22FN3O4S2/c1-16-9-11-18(12-10-16)34(30,31)28-13-3-7-20(28)23(29)27(15-17-5-4-14-32-17)24-26-22-19(25)6-2-8-21(22)33-24/h2,4-6,8-12,14,20H,3,7,13,15H2,1H3/t20-/m0/s1. The van der Waals surface area contributed by atoms with E-state index in [0.29, 0.717) is 28.4 Å². The van der Waals surface area contributed by atoms with Crippen LogP contribution in [0.1, 0.15) is 24.2 Å². The second-order valence-electron chi connectivity index (χ2n) is 8.17. The molecular weight excluding hydrogens is 477 g/mol.